The molecule has 1 aromatic carbocycles. The number of furan rings is 1. The molecule has 112 valence electrons. The van der Waals surface area contributed by atoms with Gasteiger partial charge in [-0.2, -0.15) is 0 Å². The van der Waals surface area contributed by atoms with E-state index in [2.05, 4.69) is 56.4 Å². The molecular formula is C19H25NO. The molecule has 0 amide bonds. The Morgan fingerprint density at radius 3 is 2.29 bits per heavy atom. The zero-order valence-corrected chi connectivity index (χ0v) is 13.4. The Hall–Kier alpha value is -1.54. The van der Waals surface area contributed by atoms with Gasteiger partial charge in [0.05, 0.1) is 0 Å². The lowest BCUT2D eigenvalue weighted by atomic mass is 9.99. The van der Waals surface area contributed by atoms with Crippen molar-refractivity contribution in [2.75, 3.05) is 0 Å². The molecule has 0 spiro atoms. The Kier molecular flexibility index (Phi) is 3.90. The van der Waals surface area contributed by atoms with Gasteiger partial charge < -0.3 is 9.73 Å². The maximum Gasteiger partial charge on any atom is 0.105 e. The van der Waals surface area contributed by atoms with Crippen LogP contribution in [0.5, 0.6) is 0 Å². The quantitative estimate of drug-likeness (QED) is 0.834. The van der Waals surface area contributed by atoms with E-state index in [4.69, 9.17) is 4.42 Å². The smallest absolute Gasteiger partial charge is 0.105 e. The molecule has 1 fully saturated rings. The summed E-state index contributed by atoms with van der Waals surface area (Å²) in [6.07, 6.45) is 2.67. The third-order valence-corrected chi connectivity index (χ3v) is 4.51. The standard InChI is InChI=1S/C19H25NO/c1-12-5-7-16(8-6-12)19(17-9-10-17)20-14(3)18-11-13(2)21-15(18)4/h5-8,11,14,17,19-20H,9-10H2,1-4H3. The van der Waals surface area contributed by atoms with E-state index in [0.29, 0.717) is 12.1 Å². The summed E-state index contributed by atoms with van der Waals surface area (Å²) in [5.41, 5.74) is 4.01. The van der Waals surface area contributed by atoms with Gasteiger partial charge in [0.15, 0.2) is 0 Å². The van der Waals surface area contributed by atoms with Crippen LogP contribution in [0.4, 0.5) is 0 Å². The van der Waals surface area contributed by atoms with Crippen molar-refractivity contribution in [3.63, 3.8) is 0 Å². The fourth-order valence-corrected chi connectivity index (χ4v) is 3.15. The van der Waals surface area contributed by atoms with Crippen molar-refractivity contribution in [3.05, 3.63) is 58.5 Å². The summed E-state index contributed by atoms with van der Waals surface area (Å²) in [6.45, 7) is 8.45. The lowest BCUT2D eigenvalue weighted by Gasteiger charge is -2.24. The highest BCUT2D eigenvalue weighted by atomic mass is 16.3. The van der Waals surface area contributed by atoms with Crippen molar-refractivity contribution in [1.82, 2.24) is 5.32 Å². The molecular weight excluding hydrogens is 258 g/mol. The molecule has 1 N–H and O–H groups in total. The van der Waals surface area contributed by atoms with Crippen molar-refractivity contribution >= 4 is 0 Å². The summed E-state index contributed by atoms with van der Waals surface area (Å²) in [6, 6.07) is 11.9. The molecule has 2 unspecified atom stereocenters. The van der Waals surface area contributed by atoms with E-state index >= 15 is 0 Å². The first kappa shape index (κ1) is 14.4. The Morgan fingerprint density at radius 1 is 1.10 bits per heavy atom. The van der Waals surface area contributed by atoms with Crippen LogP contribution in [0.15, 0.2) is 34.7 Å². The minimum atomic E-state index is 0.314. The van der Waals surface area contributed by atoms with E-state index in [9.17, 15) is 0 Å². The maximum atomic E-state index is 5.67. The molecule has 2 atom stereocenters. The van der Waals surface area contributed by atoms with Crippen LogP contribution in [0.3, 0.4) is 0 Å². The molecule has 3 rings (SSSR count). The van der Waals surface area contributed by atoms with E-state index in [1.807, 2.05) is 6.92 Å². The van der Waals surface area contributed by atoms with Gasteiger partial charge in [0, 0.05) is 17.6 Å². The van der Waals surface area contributed by atoms with Crippen molar-refractivity contribution in [2.24, 2.45) is 5.92 Å². The van der Waals surface area contributed by atoms with E-state index in [0.717, 1.165) is 17.4 Å². The SMILES string of the molecule is Cc1ccc(C(NC(C)c2cc(C)oc2C)C2CC2)cc1. The highest BCUT2D eigenvalue weighted by Gasteiger charge is 2.33. The van der Waals surface area contributed by atoms with Crippen molar-refractivity contribution < 1.29 is 4.42 Å². The zero-order chi connectivity index (χ0) is 15.0. The van der Waals surface area contributed by atoms with Gasteiger partial charge in [0.1, 0.15) is 11.5 Å². The van der Waals surface area contributed by atoms with Gasteiger partial charge in [0.25, 0.3) is 0 Å². The molecule has 1 heterocycles. The normalized spacial score (nSPS) is 17.7. The Labute approximate surface area is 127 Å². The van der Waals surface area contributed by atoms with Gasteiger partial charge in [-0.25, -0.2) is 0 Å². The number of rotatable bonds is 5. The van der Waals surface area contributed by atoms with Crippen LogP contribution in [-0.2, 0) is 0 Å². The topological polar surface area (TPSA) is 25.2 Å². The van der Waals surface area contributed by atoms with Gasteiger partial charge in [-0.05, 0) is 58.1 Å². The molecule has 21 heavy (non-hydrogen) atoms. The second-order valence-corrected chi connectivity index (χ2v) is 6.48. The molecule has 0 saturated heterocycles. The number of hydrogen-bond donors (Lipinski definition) is 1. The lowest BCUT2D eigenvalue weighted by Crippen LogP contribution is -2.26. The number of nitrogens with one attached hydrogen (secondary N) is 1. The molecule has 1 saturated carbocycles. The van der Waals surface area contributed by atoms with E-state index in [1.165, 1.54) is 29.5 Å². The fraction of sp³-hybridized carbons (Fsp3) is 0.474. The van der Waals surface area contributed by atoms with Gasteiger partial charge in [-0.3, -0.25) is 0 Å². The Bertz CT molecular complexity index is 607. The van der Waals surface area contributed by atoms with Crippen LogP contribution < -0.4 is 5.32 Å². The minimum Gasteiger partial charge on any atom is -0.466 e. The van der Waals surface area contributed by atoms with E-state index in [-0.39, 0.29) is 0 Å². The Morgan fingerprint density at radius 2 is 1.76 bits per heavy atom. The lowest BCUT2D eigenvalue weighted by molar-refractivity contribution is 0.420. The number of benzene rings is 1. The van der Waals surface area contributed by atoms with Crippen molar-refractivity contribution in [2.45, 2.75) is 52.6 Å². The van der Waals surface area contributed by atoms with E-state index in [1.54, 1.807) is 0 Å². The summed E-state index contributed by atoms with van der Waals surface area (Å²) >= 11 is 0. The third kappa shape index (κ3) is 3.21. The molecule has 2 nitrogen and oxygen atoms in total. The first-order chi connectivity index (χ1) is 10.0. The largest absolute Gasteiger partial charge is 0.466 e. The van der Waals surface area contributed by atoms with Crippen LogP contribution in [0.2, 0.25) is 0 Å². The second kappa shape index (κ2) is 5.69. The average Bonchev–Trinajstić information content (AvgIpc) is 3.22. The first-order valence-electron chi connectivity index (χ1n) is 7.94. The molecule has 0 aliphatic heterocycles. The van der Waals surface area contributed by atoms with Gasteiger partial charge in [0.2, 0.25) is 0 Å². The van der Waals surface area contributed by atoms with Crippen LogP contribution in [-0.4, -0.2) is 0 Å². The molecule has 1 aliphatic carbocycles. The summed E-state index contributed by atoms with van der Waals surface area (Å²) in [7, 11) is 0. The van der Waals surface area contributed by atoms with Crippen LogP contribution >= 0.6 is 0 Å². The van der Waals surface area contributed by atoms with Gasteiger partial charge in [-0.1, -0.05) is 29.8 Å². The van der Waals surface area contributed by atoms with Gasteiger partial charge >= 0.3 is 0 Å². The molecule has 2 heteroatoms. The minimum absolute atomic E-state index is 0.314. The van der Waals surface area contributed by atoms with E-state index < -0.39 is 0 Å². The van der Waals surface area contributed by atoms with Crippen molar-refractivity contribution in [1.29, 1.82) is 0 Å². The summed E-state index contributed by atoms with van der Waals surface area (Å²) in [5.74, 6) is 2.81. The van der Waals surface area contributed by atoms with Crippen molar-refractivity contribution in [3.8, 4) is 0 Å². The predicted molar refractivity (Wildman–Crippen MR) is 86.4 cm³/mol. The third-order valence-electron chi connectivity index (χ3n) is 4.51. The second-order valence-electron chi connectivity index (χ2n) is 6.48. The fourth-order valence-electron chi connectivity index (χ4n) is 3.15. The van der Waals surface area contributed by atoms with Crippen LogP contribution in [0.1, 0.15) is 60.1 Å². The average molecular weight is 283 g/mol. The molecule has 1 aromatic heterocycles. The predicted octanol–water partition coefficient (Wildman–Crippen LogP) is 5.01. The summed E-state index contributed by atoms with van der Waals surface area (Å²) < 4.78 is 5.67. The maximum absolute atomic E-state index is 5.67. The molecule has 0 bridgehead atoms. The number of aryl methyl sites for hydroxylation is 3. The number of hydrogen-bond acceptors (Lipinski definition) is 2. The highest BCUT2D eigenvalue weighted by molar-refractivity contribution is 5.28. The zero-order valence-electron chi connectivity index (χ0n) is 13.4. The summed E-state index contributed by atoms with van der Waals surface area (Å²) in [4.78, 5) is 0. The van der Waals surface area contributed by atoms with Crippen LogP contribution in [0, 0.1) is 26.7 Å². The molecule has 2 aromatic rings. The molecule has 1 aliphatic rings. The highest BCUT2D eigenvalue weighted by Crippen LogP contribution is 2.42. The molecule has 0 radical (unpaired) electrons. The van der Waals surface area contributed by atoms with Gasteiger partial charge in [-0.15, -0.1) is 0 Å². The van der Waals surface area contributed by atoms with Crippen LogP contribution in [0.25, 0.3) is 0 Å². The monoisotopic (exact) mass is 283 g/mol. The first-order valence-corrected chi connectivity index (χ1v) is 7.94. The Balaban J connectivity index is 1.79. The summed E-state index contributed by atoms with van der Waals surface area (Å²) in [5, 5.41) is 3.83.